The minimum atomic E-state index is -3.69. The highest BCUT2D eigenvalue weighted by molar-refractivity contribution is 7.89. The van der Waals surface area contributed by atoms with E-state index in [0.717, 1.165) is 11.3 Å². The fourth-order valence-electron chi connectivity index (χ4n) is 4.55. The molecule has 0 bridgehead atoms. The number of para-hydroxylation sites is 1. The molecule has 0 N–H and O–H groups in total. The van der Waals surface area contributed by atoms with Crippen molar-refractivity contribution < 1.29 is 17.6 Å². The Morgan fingerprint density at radius 2 is 1.66 bits per heavy atom. The number of fused-ring (bicyclic) bond motifs is 1. The Morgan fingerprint density at radius 1 is 1.00 bits per heavy atom. The summed E-state index contributed by atoms with van der Waals surface area (Å²) in [7, 11) is -3.69. The van der Waals surface area contributed by atoms with Crippen LogP contribution >= 0.6 is 0 Å². The summed E-state index contributed by atoms with van der Waals surface area (Å²) in [4.78, 5) is 16.5. The standard InChI is InChI=1S/C24H30FN3O3S/c1-17(2)23(29)28-16-24(3,4)19-15-18(9-10-21(19)28)32(30,31)27-13-11-26(12-14-27)22-8-6-5-7-20(22)25/h5-10,15,17H,11-14,16H2,1-4H3. The lowest BCUT2D eigenvalue weighted by Crippen LogP contribution is -2.48. The van der Waals surface area contributed by atoms with E-state index in [4.69, 9.17) is 0 Å². The summed E-state index contributed by atoms with van der Waals surface area (Å²) >= 11 is 0. The van der Waals surface area contributed by atoms with Crippen molar-refractivity contribution in [2.75, 3.05) is 42.5 Å². The average Bonchev–Trinajstić information content (AvgIpc) is 3.04. The number of hydrogen-bond acceptors (Lipinski definition) is 4. The molecule has 32 heavy (non-hydrogen) atoms. The van der Waals surface area contributed by atoms with Gasteiger partial charge in [-0.1, -0.05) is 39.8 Å². The van der Waals surface area contributed by atoms with Crippen molar-refractivity contribution in [3.8, 4) is 0 Å². The fraction of sp³-hybridized carbons (Fsp3) is 0.458. The van der Waals surface area contributed by atoms with Crippen LogP contribution in [0.3, 0.4) is 0 Å². The normalized spacial score (nSPS) is 18.8. The zero-order valence-electron chi connectivity index (χ0n) is 19.0. The van der Waals surface area contributed by atoms with Gasteiger partial charge in [-0.2, -0.15) is 4.31 Å². The molecule has 0 unspecified atom stereocenters. The lowest BCUT2D eigenvalue weighted by Gasteiger charge is -2.35. The summed E-state index contributed by atoms with van der Waals surface area (Å²) in [6.45, 7) is 9.75. The molecule has 2 aromatic rings. The van der Waals surface area contributed by atoms with Crippen LogP contribution < -0.4 is 9.80 Å². The maximum atomic E-state index is 14.1. The molecular weight excluding hydrogens is 429 g/mol. The Kier molecular flexibility index (Phi) is 5.79. The average molecular weight is 460 g/mol. The molecule has 0 aliphatic carbocycles. The Labute approximate surface area is 189 Å². The highest BCUT2D eigenvalue weighted by Gasteiger charge is 2.40. The number of carbonyl (C=O) groups excluding carboxylic acids is 1. The third-order valence-corrected chi connectivity index (χ3v) is 8.27. The van der Waals surface area contributed by atoms with E-state index >= 15 is 0 Å². The Balaban J connectivity index is 1.57. The first-order valence-corrected chi connectivity index (χ1v) is 12.4. The summed E-state index contributed by atoms with van der Waals surface area (Å²) in [5.74, 6) is -0.396. The fourth-order valence-corrected chi connectivity index (χ4v) is 6.00. The number of amides is 1. The second kappa shape index (κ2) is 8.15. The number of piperazine rings is 1. The molecule has 0 atom stereocenters. The number of rotatable bonds is 4. The summed E-state index contributed by atoms with van der Waals surface area (Å²) in [5, 5.41) is 0. The van der Waals surface area contributed by atoms with Gasteiger partial charge >= 0.3 is 0 Å². The summed E-state index contributed by atoms with van der Waals surface area (Å²) in [6, 6.07) is 11.6. The van der Waals surface area contributed by atoms with Crippen molar-refractivity contribution >= 4 is 27.3 Å². The van der Waals surface area contributed by atoms with Crippen LogP contribution in [0, 0.1) is 11.7 Å². The largest absolute Gasteiger partial charge is 0.367 e. The number of halogens is 1. The van der Waals surface area contributed by atoms with Crippen molar-refractivity contribution in [3.05, 3.63) is 53.8 Å². The van der Waals surface area contributed by atoms with E-state index in [1.807, 2.05) is 32.6 Å². The van der Waals surface area contributed by atoms with E-state index in [-0.39, 0.29) is 41.0 Å². The molecule has 0 spiro atoms. The monoisotopic (exact) mass is 459 g/mol. The summed E-state index contributed by atoms with van der Waals surface area (Å²) in [6.07, 6.45) is 0. The maximum absolute atomic E-state index is 14.1. The predicted octanol–water partition coefficient (Wildman–Crippen LogP) is 3.62. The van der Waals surface area contributed by atoms with E-state index in [1.165, 1.54) is 10.4 Å². The van der Waals surface area contributed by atoms with Crippen molar-refractivity contribution in [2.45, 2.75) is 38.0 Å². The summed E-state index contributed by atoms with van der Waals surface area (Å²) in [5.41, 5.74) is 1.82. The lowest BCUT2D eigenvalue weighted by molar-refractivity contribution is -0.121. The smallest absolute Gasteiger partial charge is 0.243 e. The van der Waals surface area contributed by atoms with Gasteiger partial charge in [0, 0.05) is 49.7 Å². The molecule has 2 aliphatic heterocycles. The predicted molar refractivity (Wildman–Crippen MR) is 124 cm³/mol. The number of hydrogen-bond donors (Lipinski definition) is 0. The van der Waals surface area contributed by atoms with Crippen molar-refractivity contribution in [1.29, 1.82) is 0 Å². The van der Waals surface area contributed by atoms with Crippen LogP contribution in [0.5, 0.6) is 0 Å². The molecular formula is C24H30FN3O3S. The van der Waals surface area contributed by atoms with E-state index in [1.54, 1.807) is 41.3 Å². The zero-order chi connectivity index (χ0) is 23.3. The molecule has 1 saturated heterocycles. The van der Waals surface area contributed by atoms with Crippen molar-refractivity contribution in [3.63, 3.8) is 0 Å². The van der Waals surface area contributed by atoms with Crippen LogP contribution in [-0.2, 0) is 20.2 Å². The topological polar surface area (TPSA) is 60.9 Å². The molecule has 1 fully saturated rings. The quantitative estimate of drug-likeness (QED) is 0.701. The third-order valence-electron chi connectivity index (χ3n) is 6.37. The van der Waals surface area contributed by atoms with Crippen LogP contribution in [0.15, 0.2) is 47.4 Å². The van der Waals surface area contributed by atoms with Crippen LogP contribution in [0.2, 0.25) is 0 Å². The van der Waals surface area contributed by atoms with Gasteiger partial charge in [-0.25, -0.2) is 12.8 Å². The number of nitrogens with zero attached hydrogens (tertiary/aromatic N) is 3. The van der Waals surface area contributed by atoms with Gasteiger partial charge in [0.15, 0.2) is 0 Å². The molecule has 172 valence electrons. The molecule has 0 radical (unpaired) electrons. The van der Waals surface area contributed by atoms with Crippen LogP contribution in [0.4, 0.5) is 15.8 Å². The van der Waals surface area contributed by atoms with Crippen molar-refractivity contribution in [1.82, 2.24) is 4.31 Å². The van der Waals surface area contributed by atoms with Crippen molar-refractivity contribution in [2.24, 2.45) is 5.92 Å². The van der Waals surface area contributed by atoms with Gasteiger partial charge in [-0.3, -0.25) is 4.79 Å². The molecule has 0 saturated carbocycles. The third kappa shape index (κ3) is 3.90. The Morgan fingerprint density at radius 3 is 2.28 bits per heavy atom. The number of benzene rings is 2. The first-order chi connectivity index (χ1) is 15.0. The van der Waals surface area contributed by atoms with E-state index in [9.17, 15) is 17.6 Å². The summed E-state index contributed by atoms with van der Waals surface area (Å²) < 4.78 is 42.3. The van der Waals surface area contributed by atoms with E-state index in [0.29, 0.717) is 25.3 Å². The van der Waals surface area contributed by atoms with Gasteiger partial charge < -0.3 is 9.80 Å². The van der Waals surface area contributed by atoms with E-state index in [2.05, 4.69) is 0 Å². The van der Waals surface area contributed by atoms with E-state index < -0.39 is 10.0 Å². The molecule has 2 aliphatic rings. The van der Waals surface area contributed by atoms with Gasteiger partial charge in [0.2, 0.25) is 15.9 Å². The highest BCUT2D eigenvalue weighted by atomic mass is 32.2. The van der Waals surface area contributed by atoms with Gasteiger partial charge in [-0.05, 0) is 35.9 Å². The maximum Gasteiger partial charge on any atom is 0.243 e. The van der Waals surface area contributed by atoms with Crippen LogP contribution in [0.25, 0.3) is 0 Å². The minimum Gasteiger partial charge on any atom is -0.367 e. The van der Waals surface area contributed by atoms with Gasteiger partial charge in [0.05, 0.1) is 10.6 Å². The number of anilines is 2. The number of carbonyl (C=O) groups is 1. The lowest BCUT2D eigenvalue weighted by atomic mass is 9.87. The van der Waals surface area contributed by atoms with Crippen LogP contribution in [-0.4, -0.2) is 51.4 Å². The minimum absolute atomic E-state index is 0.0386. The molecule has 8 heteroatoms. The molecule has 0 aromatic heterocycles. The Bertz CT molecular complexity index is 1140. The molecule has 4 rings (SSSR count). The van der Waals surface area contributed by atoms with Crippen LogP contribution in [0.1, 0.15) is 33.3 Å². The van der Waals surface area contributed by atoms with Gasteiger partial charge in [-0.15, -0.1) is 0 Å². The Hall–Kier alpha value is -2.45. The SMILES string of the molecule is CC(C)C(=O)N1CC(C)(C)c2cc(S(=O)(=O)N3CCN(c4ccccc4F)CC3)ccc21. The molecule has 1 amide bonds. The second-order valence-corrected chi connectivity index (χ2v) is 11.4. The second-order valence-electron chi connectivity index (χ2n) is 9.48. The zero-order valence-corrected chi connectivity index (χ0v) is 19.8. The molecule has 6 nitrogen and oxygen atoms in total. The van der Waals surface area contributed by atoms with Gasteiger partial charge in [0.25, 0.3) is 0 Å². The highest BCUT2D eigenvalue weighted by Crippen LogP contribution is 2.42. The number of sulfonamides is 1. The van der Waals surface area contributed by atoms with Gasteiger partial charge in [0.1, 0.15) is 5.82 Å². The first-order valence-electron chi connectivity index (χ1n) is 11.0. The molecule has 2 aromatic carbocycles. The molecule has 2 heterocycles. The first kappa shape index (κ1) is 22.7.